The number of carboxylic acid groups (broad SMARTS) is 2. The number of hydrogen-bond acceptors (Lipinski definition) is 4. The number of aromatic nitrogens is 2. The van der Waals surface area contributed by atoms with Gasteiger partial charge in [-0.2, -0.15) is 5.26 Å². The van der Waals surface area contributed by atoms with Crippen molar-refractivity contribution < 1.29 is 15.0 Å². The van der Waals surface area contributed by atoms with Gasteiger partial charge in [0.2, 0.25) is 0 Å². The number of nitrogens with zero attached hydrogens (tertiary/aromatic N) is 3. The Labute approximate surface area is 163 Å². The Hall–Kier alpha value is -3.46. The number of fused-ring (bicyclic) bond motifs is 1. The van der Waals surface area contributed by atoms with Crippen LogP contribution in [-0.4, -0.2) is 26.3 Å². The van der Waals surface area contributed by atoms with Crippen LogP contribution in [0, 0.1) is 11.3 Å². The first-order valence-electron chi connectivity index (χ1n) is 9.26. The molecule has 1 saturated carbocycles. The van der Waals surface area contributed by atoms with Gasteiger partial charge in [-0.05, 0) is 37.1 Å². The Bertz CT molecular complexity index is 1020. The summed E-state index contributed by atoms with van der Waals surface area (Å²) in [6.45, 7) is 0. The molecule has 0 atom stereocenters. The molecule has 0 amide bonds. The average Bonchev–Trinajstić information content (AvgIpc) is 2.73. The number of nitriles is 1. The summed E-state index contributed by atoms with van der Waals surface area (Å²) in [5.74, 6) is 0.543. The maximum atomic E-state index is 9.19. The highest BCUT2D eigenvalue weighted by atomic mass is 16.6. The number of hydrogen-bond donors (Lipinski definition) is 2. The van der Waals surface area contributed by atoms with E-state index in [0.29, 0.717) is 11.5 Å². The van der Waals surface area contributed by atoms with Crippen LogP contribution >= 0.6 is 0 Å². The van der Waals surface area contributed by atoms with Crippen molar-refractivity contribution in [3.8, 4) is 17.3 Å². The van der Waals surface area contributed by atoms with Crippen molar-refractivity contribution in [2.45, 2.75) is 38.0 Å². The molecule has 0 bridgehead atoms. The highest BCUT2D eigenvalue weighted by molar-refractivity contribution is 5.91. The van der Waals surface area contributed by atoms with Gasteiger partial charge in [-0.25, -0.2) is 4.79 Å². The van der Waals surface area contributed by atoms with Crippen LogP contribution in [-0.2, 0) is 0 Å². The van der Waals surface area contributed by atoms with Crippen LogP contribution in [0.4, 0.5) is 4.79 Å². The quantitative estimate of drug-likeness (QED) is 0.617. The molecule has 0 unspecified atom stereocenters. The summed E-state index contributed by atoms with van der Waals surface area (Å²) in [7, 11) is 0. The average molecular weight is 375 g/mol. The lowest BCUT2D eigenvalue weighted by Gasteiger charge is -2.22. The Morgan fingerprint density at radius 2 is 1.82 bits per heavy atom. The van der Waals surface area contributed by atoms with E-state index in [0.717, 1.165) is 22.2 Å². The SMILES string of the molecule is N#Cc1cccc(-c2nc(C3CCCCC3)cc3cccnc23)c1.O=C(O)O. The minimum atomic E-state index is -1.83. The predicted molar refractivity (Wildman–Crippen MR) is 106 cm³/mol. The van der Waals surface area contributed by atoms with E-state index in [1.807, 2.05) is 36.5 Å². The summed E-state index contributed by atoms with van der Waals surface area (Å²) in [5, 5.41) is 24.3. The van der Waals surface area contributed by atoms with Crippen molar-refractivity contribution in [2.75, 3.05) is 0 Å². The van der Waals surface area contributed by atoms with E-state index in [-0.39, 0.29) is 0 Å². The third-order valence-corrected chi connectivity index (χ3v) is 4.90. The monoisotopic (exact) mass is 375 g/mol. The lowest BCUT2D eigenvalue weighted by atomic mass is 9.86. The fraction of sp³-hybridized carbons (Fsp3) is 0.273. The third-order valence-electron chi connectivity index (χ3n) is 4.90. The normalized spacial score (nSPS) is 14.0. The Morgan fingerprint density at radius 1 is 1.07 bits per heavy atom. The first-order chi connectivity index (χ1) is 13.6. The zero-order chi connectivity index (χ0) is 19.9. The van der Waals surface area contributed by atoms with Crippen molar-refractivity contribution >= 4 is 17.1 Å². The molecule has 1 aliphatic carbocycles. The van der Waals surface area contributed by atoms with Crippen LogP contribution in [0.15, 0.2) is 48.7 Å². The largest absolute Gasteiger partial charge is 0.503 e. The summed E-state index contributed by atoms with van der Waals surface area (Å²) in [6, 6.07) is 16.2. The van der Waals surface area contributed by atoms with Crippen molar-refractivity contribution in [3.63, 3.8) is 0 Å². The summed E-state index contributed by atoms with van der Waals surface area (Å²) in [6.07, 6.45) is 6.32. The minimum Gasteiger partial charge on any atom is -0.450 e. The first-order valence-corrected chi connectivity index (χ1v) is 9.26. The van der Waals surface area contributed by atoms with Crippen molar-refractivity contribution in [2.24, 2.45) is 0 Å². The minimum absolute atomic E-state index is 0.543. The van der Waals surface area contributed by atoms with Crippen molar-refractivity contribution in [1.82, 2.24) is 9.97 Å². The standard InChI is InChI=1S/C21H19N3.CH2O3/c22-14-15-6-4-9-17(12-15)21-20-18(10-5-11-23-20)13-19(24-21)16-7-2-1-3-8-16;2-1(3)4/h4-6,9-13,16H,1-3,7-8H2;(H2,2,3,4). The van der Waals surface area contributed by atoms with Crippen LogP contribution in [0.25, 0.3) is 22.2 Å². The molecule has 1 fully saturated rings. The van der Waals surface area contributed by atoms with Crippen LogP contribution < -0.4 is 0 Å². The Kier molecular flexibility index (Phi) is 6.18. The molecule has 0 radical (unpaired) electrons. The van der Waals surface area contributed by atoms with Crippen LogP contribution in [0.2, 0.25) is 0 Å². The van der Waals surface area contributed by atoms with E-state index in [2.05, 4.69) is 23.2 Å². The fourth-order valence-corrected chi connectivity index (χ4v) is 3.65. The van der Waals surface area contributed by atoms with E-state index >= 15 is 0 Å². The molecule has 3 aromatic rings. The summed E-state index contributed by atoms with van der Waals surface area (Å²) < 4.78 is 0. The molecule has 142 valence electrons. The van der Waals surface area contributed by atoms with Gasteiger partial charge in [-0.1, -0.05) is 37.5 Å². The van der Waals surface area contributed by atoms with Gasteiger partial charge in [0.15, 0.2) is 0 Å². The molecule has 2 heterocycles. The highest BCUT2D eigenvalue weighted by Crippen LogP contribution is 2.35. The van der Waals surface area contributed by atoms with Crippen molar-refractivity contribution in [1.29, 1.82) is 5.26 Å². The topological polar surface area (TPSA) is 107 Å². The van der Waals surface area contributed by atoms with Gasteiger partial charge in [-0.15, -0.1) is 0 Å². The summed E-state index contributed by atoms with van der Waals surface area (Å²) in [5.41, 5.74) is 4.60. The van der Waals surface area contributed by atoms with E-state index in [9.17, 15) is 5.26 Å². The lowest BCUT2D eigenvalue weighted by molar-refractivity contribution is 0.137. The van der Waals surface area contributed by atoms with E-state index in [1.165, 1.54) is 37.8 Å². The zero-order valence-corrected chi connectivity index (χ0v) is 15.4. The molecule has 4 rings (SSSR count). The van der Waals surface area contributed by atoms with Gasteiger partial charge in [0.05, 0.1) is 22.8 Å². The summed E-state index contributed by atoms with van der Waals surface area (Å²) >= 11 is 0. The second-order valence-corrected chi connectivity index (χ2v) is 6.78. The van der Waals surface area contributed by atoms with E-state index < -0.39 is 6.16 Å². The third kappa shape index (κ3) is 4.63. The molecule has 6 nitrogen and oxygen atoms in total. The molecule has 0 saturated heterocycles. The lowest BCUT2D eigenvalue weighted by Crippen LogP contribution is -2.07. The molecule has 0 aliphatic heterocycles. The predicted octanol–water partition coefficient (Wildman–Crippen LogP) is 5.44. The van der Waals surface area contributed by atoms with Crippen LogP contribution in [0.1, 0.15) is 49.3 Å². The van der Waals surface area contributed by atoms with Gasteiger partial charge in [0.25, 0.3) is 0 Å². The highest BCUT2D eigenvalue weighted by Gasteiger charge is 2.19. The number of pyridine rings is 2. The van der Waals surface area contributed by atoms with E-state index in [4.69, 9.17) is 20.0 Å². The molecule has 2 N–H and O–H groups in total. The van der Waals surface area contributed by atoms with Gasteiger partial charge in [0.1, 0.15) is 0 Å². The van der Waals surface area contributed by atoms with Gasteiger partial charge in [-0.3, -0.25) is 9.97 Å². The van der Waals surface area contributed by atoms with Crippen LogP contribution in [0.5, 0.6) is 0 Å². The molecule has 2 aromatic heterocycles. The molecule has 0 spiro atoms. The van der Waals surface area contributed by atoms with Gasteiger partial charge >= 0.3 is 6.16 Å². The number of carbonyl (C=O) groups is 1. The number of benzene rings is 1. The fourth-order valence-electron chi connectivity index (χ4n) is 3.65. The maximum Gasteiger partial charge on any atom is 0.503 e. The molecule has 28 heavy (non-hydrogen) atoms. The Morgan fingerprint density at radius 3 is 2.54 bits per heavy atom. The first kappa shape index (κ1) is 19.3. The molecular weight excluding hydrogens is 354 g/mol. The smallest absolute Gasteiger partial charge is 0.450 e. The maximum absolute atomic E-state index is 9.19. The summed E-state index contributed by atoms with van der Waals surface area (Å²) in [4.78, 5) is 18.1. The molecule has 6 heteroatoms. The molecule has 1 aromatic carbocycles. The van der Waals surface area contributed by atoms with Crippen molar-refractivity contribution in [3.05, 3.63) is 59.9 Å². The molecule has 1 aliphatic rings. The Balaban J connectivity index is 0.000000516. The van der Waals surface area contributed by atoms with Gasteiger partial charge in [0, 0.05) is 28.8 Å². The number of rotatable bonds is 2. The molecular formula is C22H21N3O3. The second kappa shape index (κ2) is 8.96. The zero-order valence-electron chi connectivity index (χ0n) is 15.4. The van der Waals surface area contributed by atoms with Gasteiger partial charge < -0.3 is 10.2 Å². The van der Waals surface area contributed by atoms with Crippen LogP contribution in [0.3, 0.4) is 0 Å². The van der Waals surface area contributed by atoms with E-state index in [1.54, 1.807) is 0 Å². The second-order valence-electron chi connectivity index (χ2n) is 6.78.